The molecule has 0 bridgehead atoms. The summed E-state index contributed by atoms with van der Waals surface area (Å²) >= 11 is 1.24. The number of aryl methyl sites for hydroxylation is 1. The van der Waals surface area contributed by atoms with E-state index in [1.54, 1.807) is 33.1 Å². The van der Waals surface area contributed by atoms with Crippen molar-refractivity contribution >= 4 is 23.4 Å². The van der Waals surface area contributed by atoms with Gasteiger partial charge in [0.1, 0.15) is 11.6 Å². The van der Waals surface area contributed by atoms with Crippen LogP contribution in [-0.4, -0.2) is 33.1 Å². The van der Waals surface area contributed by atoms with Crippen LogP contribution in [0.3, 0.4) is 0 Å². The molecule has 0 unspecified atom stereocenters. The molecule has 21 heavy (non-hydrogen) atoms. The molecule has 1 heterocycles. The number of amides is 1. The minimum absolute atomic E-state index is 0.162. The van der Waals surface area contributed by atoms with Gasteiger partial charge < -0.3 is 15.9 Å². The van der Waals surface area contributed by atoms with Crippen LogP contribution in [0, 0.1) is 6.92 Å². The molecule has 1 aromatic carbocycles. The first-order valence-corrected chi connectivity index (χ1v) is 7.18. The second-order valence-corrected chi connectivity index (χ2v) is 5.66. The highest BCUT2D eigenvalue weighted by molar-refractivity contribution is 8.00. The second-order valence-electron chi connectivity index (χ2n) is 4.35. The number of ether oxygens (including phenoxy) is 1. The molecule has 1 amide bonds. The van der Waals surface area contributed by atoms with Crippen molar-refractivity contribution in [2.24, 2.45) is 0 Å². The van der Waals surface area contributed by atoms with E-state index in [0.29, 0.717) is 22.4 Å². The average Bonchev–Trinajstić information content (AvgIpc) is 2.79. The molecule has 0 saturated carbocycles. The predicted octanol–water partition coefficient (Wildman–Crippen LogP) is 1.43. The number of thioether (sulfide) groups is 1. The van der Waals surface area contributed by atoms with Gasteiger partial charge in [-0.2, -0.15) is 0 Å². The van der Waals surface area contributed by atoms with E-state index in [2.05, 4.69) is 15.5 Å². The maximum Gasteiger partial charge on any atom is 0.237 e. The molecule has 2 rings (SSSR count). The molecule has 8 heteroatoms. The summed E-state index contributed by atoms with van der Waals surface area (Å²) in [5.74, 6) is 6.81. The van der Waals surface area contributed by atoms with Gasteiger partial charge in [0.25, 0.3) is 0 Å². The number of hydrogen-bond acceptors (Lipinski definition) is 6. The van der Waals surface area contributed by atoms with Crippen LogP contribution in [0.1, 0.15) is 12.7 Å². The number of anilines is 1. The fraction of sp³-hybridized carbons (Fsp3) is 0.308. The molecule has 0 aliphatic rings. The Hall–Kier alpha value is -2.22. The number of benzene rings is 1. The standard InChI is InChI=1S/C13H17N5O2S/c1-8(21-13-17-16-9(2)18(13)14)12(19)15-10-6-4-5-7-11(10)20-3/h4-8H,14H2,1-3H3,(H,15,19)/t8-/m1/s1. The van der Waals surface area contributed by atoms with Gasteiger partial charge >= 0.3 is 0 Å². The van der Waals surface area contributed by atoms with Gasteiger partial charge in [0.15, 0.2) is 0 Å². The van der Waals surface area contributed by atoms with E-state index >= 15 is 0 Å². The predicted molar refractivity (Wildman–Crippen MR) is 81.9 cm³/mol. The number of nitrogens with one attached hydrogen (secondary N) is 1. The molecule has 0 radical (unpaired) electrons. The average molecular weight is 307 g/mol. The van der Waals surface area contributed by atoms with Crippen LogP contribution in [0.5, 0.6) is 5.75 Å². The van der Waals surface area contributed by atoms with Crippen LogP contribution in [0.4, 0.5) is 5.69 Å². The highest BCUT2D eigenvalue weighted by atomic mass is 32.2. The van der Waals surface area contributed by atoms with Gasteiger partial charge in [-0.05, 0) is 26.0 Å². The summed E-state index contributed by atoms with van der Waals surface area (Å²) in [5.41, 5.74) is 0.628. The lowest BCUT2D eigenvalue weighted by molar-refractivity contribution is -0.115. The minimum atomic E-state index is -0.374. The normalized spacial score (nSPS) is 12.0. The largest absolute Gasteiger partial charge is 0.495 e. The van der Waals surface area contributed by atoms with Crippen molar-refractivity contribution in [1.29, 1.82) is 0 Å². The Morgan fingerprint density at radius 3 is 2.76 bits per heavy atom. The third-order valence-corrected chi connectivity index (χ3v) is 3.91. The highest BCUT2D eigenvalue weighted by Gasteiger charge is 2.19. The molecule has 0 fully saturated rings. The molecule has 0 saturated heterocycles. The molecular formula is C13H17N5O2S. The quantitative estimate of drug-likeness (QED) is 0.641. The van der Waals surface area contributed by atoms with Gasteiger partial charge in [0, 0.05) is 0 Å². The molecule has 1 aromatic heterocycles. The SMILES string of the molecule is COc1ccccc1NC(=O)[C@@H](C)Sc1nnc(C)n1N. The molecular weight excluding hydrogens is 290 g/mol. The number of nitrogens with zero attached hydrogens (tertiary/aromatic N) is 3. The second kappa shape index (κ2) is 6.49. The van der Waals surface area contributed by atoms with Crippen LogP contribution < -0.4 is 15.9 Å². The number of nitrogen functional groups attached to an aromatic ring is 1. The summed E-state index contributed by atoms with van der Waals surface area (Å²) < 4.78 is 6.56. The van der Waals surface area contributed by atoms with Crippen LogP contribution in [0.2, 0.25) is 0 Å². The summed E-state index contributed by atoms with van der Waals surface area (Å²) in [7, 11) is 1.56. The summed E-state index contributed by atoms with van der Waals surface area (Å²) in [6.07, 6.45) is 0. The van der Waals surface area contributed by atoms with E-state index in [1.807, 2.05) is 12.1 Å². The maximum absolute atomic E-state index is 12.2. The van der Waals surface area contributed by atoms with Crippen LogP contribution in [0.15, 0.2) is 29.4 Å². The molecule has 2 aromatic rings. The molecule has 0 spiro atoms. The third kappa shape index (κ3) is 3.46. The van der Waals surface area contributed by atoms with Crippen molar-refractivity contribution in [3.8, 4) is 5.75 Å². The zero-order valence-electron chi connectivity index (χ0n) is 12.0. The van der Waals surface area contributed by atoms with E-state index in [0.717, 1.165) is 0 Å². The number of carbonyl (C=O) groups is 1. The lowest BCUT2D eigenvalue weighted by atomic mass is 10.3. The summed E-state index contributed by atoms with van der Waals surface area (Å²) in [4.78, 5) is 12.2. The van der Waals surface area contributed by atoms with Gasteiger partial charge in [-0.25, -0.2) is 4.68 Å². The first kappa shape index (κ1) is 15.2. The Morgan fingerprint density at radius 2 is 2.14 bits per heavy atom. The number of methoxy groups -OCH3 is 1. The third-order valence-electron chi connectivity index (χ3n) is 2.85. The number of para-hydroxylation sites is 2. The van der Waals surface area contributed by atoms with Gasteiger partial charge in [-0.1, -0.05) is 23.9 Å². The Bertz CT molecular complexity index is 643. The first-order chi connectivity index (χ1) is 10.0. The lowest BCUT2D eigenvalue weighted by Crippen LogP contribution is -2.24. The molecule has 0 aliphatic heterocycles. The van der Waals surface area contributed by atoms with E-state index in [9.17, 15) is 4.79 Å². The molecule has 7 nitrogen and oxygen atoms in total. The number of aromatic nitrogens is 3. The Kier molecular flexibility index (Phi) is 4.69. The lowest BCUT2D eigenvalue weighted by Gasteiger charge is -2.13. The fourth-order valence-corrected chi connectivity index (χ4v) is 2.44. The van der Waals surface area contributed by atoms with Gasteiger partial charge in [-0.3, -0.25) is 4.79 Å². The fourth-order valence-electron chi connectivity index (χ4n) is 1.62. The smallest absolute Gasteiger partial charge is 0.237 e. The number of nitrogens with two attached hydrogens (primary N) is 1. The minimum Gasteiger partial charge on any atom is -0.495 e. The first-order valence-electron chi connectivity index (χ1n) is 6.30. The van der Waals surface area contributed by atoms with Crippen molar-refractivity contribution in [2.75, 3.05) is 18.3 Å². The topological polar surface area (TPSA) is 95.1 Å². The zero-order chi connectivity index (χ0) is 15.4. The van der Waals surface area contributed by atoms with Crippen LogP contribution >= 0.6 is 11.8 Å². The van der Waals surface area contributed by atoms with E-state index < -0.39 is 0 Å². The number of rotatable bonds is 5. The van der Waals surface area contributed by atoms with Crippen molar-refractivity contribution < 1.29 is 9.53 Å². The number of carbonyl (C=O) groups excluding carboxylic acids is 1. The van der Waals surface area contributed by atoms with Crippen molar-refractivity contribution in [1.82, 2.24) is 14.9 Å². The Morgan fingerprint density at radius 1 is 1.43 bits per heavy atom. The molecule has 1 atom stereocenters. The van der Waals surface area contributed by atoms with Crippen LogP contribution in [0.25, 0.3) is 0 Å². The van der Waals surface area contributed by atoms with Crippen LogP contribution in [-0.2, 0) is 4.79 Å². The maximum atomic E-state index is 12.2. The monoisotopic (exact) mass is 307 g/mol. The summed E-state index contributed by atoms with van der Waals surface area (Å²) in [6.45, 7) is 3.52. The zero-order valence-corrected chi connectivity index (χ0v) is 12.8. The van der Waals surface area contributed by atoms with Gasteiger partial charge in [0.2, 0.25) is 11.1 Å². The van der Waals surface area contributed by atoms with Gasteiger partial charge in [0.05, 0.1) is 18.0 Å². The van der Waals surface area contributed by atoms with E-state index in [-0.39, 0.29) is 11.2 Å². The summed E-state index contributed by atoms with van der Waals surface area (Å²) in [6, 6.07) is 7.24. The number of hydrogen-bond donors (Lipinski definition) is 2. The van der Waals surface area contributed by atoms with E-state index in [1.165, 1.54) is 16.4 Å². The Balaban J connectivity index is 2.04. The van der Waals surface area contributed by atoms with Gasteiger partial charge in [-0.15, -0.1) is 10.2 Å². The van der Waals surface area contributed by atoms with Crippen molar-refractivity contribution in [2.45, 2.75) is 24.3 Å². The van der Waals surface area contributed by atoms with Crippen molar-refractivity contribution in [3.63, 3.8) is 0 Å². The highest BCUT2D eigenvalue weighted by Crippen LogP contribution is 2.26. The summed E-state index contributed by atoms with van der Waals surface area (Å²) in [5, 5.41) is 10.7. The molecule has 3 N–H and O–H groups in total. The Labute approximate surface area is 126 Å². The molecule has 0 aliphatic carbocycles. The molecule has 112 valence electrons. The van der Waals surface area contributed by atoms with E-state index in [4.69, 9.17) is 10.6 Å². The van der Waals surface area contributed by atoms with Crippen molar-refractivity contribution in [3.05, 3.63) is 30.1 Å².